The van der Waals surface area contributed by atoms with Crippen LogP contribution in [0.5, 0.6) is 5.75 Å². The maximum Gasteiger partial charge on any atom is 0.271 e. The molecule has 0 aliphatic heterocycles. The molecule has 0 bridgehead atoms. The molecule has 2 aromatic carbocycles. The molecule has 22 heavy (non-hydrogen) atoms. The second-order valence-electron chi connectivity index (χ2n) is 4.94. The zero-order valence-electron chi connectivity index (χ0n) is 12.4. The fourth-order valence-electron chi connectivity index (χ4n) is 1.74. The van der Waals surface area contributed by atoms with Crippen LogP contribution in [-0.2, 0) is 0 Å². The third kappa shape index (κ3) is 5.00. The molecule has 0 aliphatic carbocycles. The number of halogens is 1. The standard InChI is InChI=1S/C17H17BrN2O2/c1-12(2)22-16-9-3-13(4-10-16)11-19-20-17(21)14-5-7-15(18)8-6-14/h3-12H,1-2H3,(H,20,21)/b19-11+. The van der Waals surface area contributed by atoms with Crippen LogP contribution in [0.3, 0.4) is 0 Å². The maximum atomic E-state index is 11.9. The summed E-state index contributed by atoms with van der Waals surface area (Å²) in [5.41, 5.74) is 3.94. The Morgan fingerprint density at radius 2 is 1.77 bits per heavy atom. The van der Waals surface area contributed by atoms with Crippen LogP contribution in [0.25, 0.3) is 0 Å². The highest BCUT2D eigenvalue weighted by Gasteiger charge is 2.03. The SMILES string of the molecule is CC(C)Oc1ccc(/C=N/NC(=O)c2ccc(Br)cc2)cc1. The largest absolute Gasteiger partial charge is 0.491 e. The summed E-state index contributed by atoms with van der Waals surface area (Å²) in [6.07, 6.45) is 1.74. The number of amides is 1. The van der Waals surface area contributed by atoms with Crippen LogP contribution in [0, 0.1) is 0 Å². The van der Waals surface area contributed by atoms with E-state index in [9.17, 15) is 4.79 Å². The van der Waals surface area contributed by atoms with E-state index in [1.165, 1.54) is 0 Å². The monoisotopic (exact) mass is 360 g/mol. The van der Waals surface area contributed by atoms with Gasteiger partial charge in [0, 0.05) is 10.0 Å². The number of nitrogens with zero attached hydrogens (tertiary/aromatic N) is 1. The zero-order valence-corrected chi connectivity index (χ0v) is 14.0. The van der Waals surface area contributed by atoms with E-state index in [1.807, 2.05) is 50.2 Å². The van der Waals surface area contributed by atoms with E-state index in [0.717, 1.165) is 15.8 Å². The zero-order chi connectivity index (χ0) is 15.9. The van der Waals surface area contributed by atoms with E-state index >= 15 is 0 Å². The fraction of sp³-hybridized carbons (Fsp3) is 0.176. The Hall–Kier alpha value is -2.14. The molecule has 1 amide bonds. The minimum Gasteiger partial charge on any atom is -0.491 e. The Bertz CT molecular complexity index is 649. The average molecular weight is 361 g/mol. The lowest BCUT2D eigenvalue weighted by molar-refractivity contribution is 0.0955. The normalized spacial score (nSPS) is 10.9. The first-order valence-electron chi connectivity index (χ1n) is 6.90. The Balaban J connectivity index is 1.91. The third-order valence-electron chi connectivity index (χ3n) is 2.74. The van der Waals surface area contributed by atoms with E-state index < -0.39 is 0 Å². The summed E-state index contributed by atoms with van der Waals surface area (Å²) in [6.45, 7) is 3.96. The summed E-state index contributed by atoms with van der Waals surface area (Å²) < 4.78 is 6.49. The molecule has 5 heteroatoms. The summed E-state index contributed by atoms with van der Waals surface area (Å²) >= 11 is 3.33. The molecule has 0 spiro atoms. The predicted molar refractivity (Wildman–Crippen MR) is 91.4 cm³/mol. The smallest absolute Gasteiger partial charge is 0.271 e. The molecular weight excluding hydrogens is 344 g/mol. The summed E-state index contributed by atoms with van der Waals surface area (Å²) in [4.78, 5) is 11.9. The Kier molecular flexibility index (Phi) is 5.72. The number of hydrazone groups is 1. The summed E-state index contributed by atoms with van der Waals surface area (Å²) in [5.74, 6) is 0.564. The summed E-state index contributed by atoms with van der Waals surface area (Å²) in [6, 6.07) is 14.6. The molecule has 0 unspecified atom stereocenters. The van der Waals surface area contributed by atoms with Crippen molar-refractivity contribution in [3.05, 3.63) is 64.1 Å². The molecule has 114 valence electrons. The number of hydrogen-bond acceptors (Lipinski definition) is 3. The summed E-state index contributed by atoms with van der Waals surface area (Å²) in [7, 11) is 0. The maximum absolute atomic E-state index is 11.9. The molecule has 0 radical (unpaired) electrons. The summed E-state index contributed by atoms with van der Waals surface area (Å²) in [5, 5.41) is 3.95. The molecule has 2 aromatic rings. The Morgan fingerprint density at radius 3 is 2.36 bits per heavy atom. The van der Waals surface area contributed by atoms with E-state index in [0.29, 0.717) is 5.56 Å². The van der Waals surface area contributed by atoms with Crippen molar-refractivity contribution in [2.45, 2.75) is 20.0 Å². The van der Waals surface area contributed by atoms with Gasteiger partial charge in [0.15, 0.2) is 0 Å². The first kappa shape index (κ1) is 16.2. The molecule has 0 saturated heterocycles. The van der Waals surface area contributed by atoms with Crippen molar-refractivity contribution in [3.8, 4) is 5.75 Å². The molecule has 0 saturated carbocycles. The van der Waals surface area contributed by atoms with Gasteiger partial charge in [-0.3, -0.25) is 4.79 Å². The van der Waals surface area contributed by atoms with Gasteiger partial charge in [-0.05, 0) is 67.9 Å². The highest BCUT2D eigenvalue weighted by atomic mass is 79.9. The molecular formula is C17H17BrN2O2. The quantitative estimate of drug-likeness (QED) is 0.647. The number of nitrogens with one attached hydrogen (secondary N) is 1. The molecule has 0 heterocycles. The van der Waals surface area contributed by atoms with Crippen molar-refractivity contribution in [2.24, 2.45) is 5.10 Å². The minimum absolute atomic E-state index is 0.143. The van der Waals surface area contributed by atoms with Crippen molar-refractivity contribution >= 4 is 28.1 Å². The van der Waals surface area contributed by atoms with Crippen LogP contribution in [-0.4, -0.2) is 18.2 Å². The average Bonchev–Trinajstić information content (AvgIpc) is 2.49. The molecule has 0 aliphatic rings. The van der Waals surface area contributed by atoms with Crippen LogP contribution in [0.4, 0.5) is 0 Å². The first-order chi connectivity index (χ1) is 10.5. The molecule has 0 aromatic heterocycles. The van der Waals surface area contributed by atoms with E-state index in [2.05, 4.69) is 26.5 Å². The second kappa shape index (κ2) is 7.75. The Morgan fingerprint density at radius 1 is 1.14 bits per heavy atom. The highest BCUT2D eigenvalue weighted by Crippen LogP contribution is 2.13. The van der Waals surface area contributed by atoms with Crippen molar-refractivity contribution in [1.82, 2.24) is 5.43 Å². The lowest BCUT2D eigenvalue weighted by Crippen LogP contribution is -2.17. The molecule has 0 fully saturated rings. The van der Waals surface area contributed by atoms with Crippen molar-refractivity contribution < 1.29 is 9.53 Å². The van der Waals surface area contributed by atoms with Gasteiger partial charge in [0.2, 0.25) is 0 Å². The minimum atomic E-state index is -0.247. The van der Waals surface area contributed by atoms with Gasteiger partial charge in [-0.25, -0.2) is 5.43 Å². The van der Waals surface area contributed by atoms with Gasteiger partial charge in [0.05, 0.1) is 12.3 Å². The van der Waals surface area contributed by atoms with Crippen LogP contribution in [0.15, 0.2) is 58.1 Å². The number of hydrogen-bond donors (Lipinski definition) is 1. The predicted octanol–water partition coefficient (Wildman–Crippen LogP) is 4.00. The second-order valence-corrected chi connectivity index (χ2v) is 5.86. The number of benzene rings is 2. The van der Waals surface area contributed by atoms with Gasteiger partial charge < -0.3 is 4.74 Å². The number of ether oxygens (including phenoxy) is 1. The topological polar surface area (TPSA) is 50.7 Å². The number of carbonyl (C=O) groups excluding carboxylic acids is 1. The lowest BCUT2D eigenvalue weighted by Gasteiger charge is -2.09. The fourth-order valence-corrected chi connectivity index (χ4v) is 2.00. The third-order valence-corrected chi connectivity index (χ3v) is 3.27. The molecule has 1 N–H and O–H groups in total. The van der Waals surface area contributed by atoms with Gasteiger partial charge in [-0.15, -0.1) is 0 Å². The van der Waals surface area contributed by atoms with E-state index in [4.69, 9.17) is 4.74 Å². The van der Waals surface area contributed by atoms with Gasteiger partial charge in [-0.1, -0.05) is 15.9 Å². The molecule has 2 rings (SSSR count). The number of rotatable bonds is 5. The molecule has 4 nitrogen and oxygen atoms in total. The van der Waals surface area contributed by atoms with Gasteiger partial charge in [0.1, 0.15) is 5.75 Å². The van der Waals surface area contributed by atoms with E-state index in [-0.39, 0.29) is 12.0 Å². The van der Waals surface area contributed by atoms with Gasteiger partial charge >= 0.3 is 0 Å². The van der Waals surface area contributed by atoms with Gasteiger partial charge in [0.25, 0.3) is 5.91 Å². The van der Waals surface area contributed by atoms with Crippen LogP contribution >= 0.6 is 15.9 Å². The van der Waals surface area contributed by atoms with E-state index in [1.54, 1.807) is 18.3 Å². The van der Waals surface area contributed by atoms with Crippen LogP contribution in [0.1, 0.15) is 29.8 Å². The Labute approximate surface area is 138 Å². The van der Waals surface area contributed by atoms with Crippen molar-refractivity contribution in [3.63, 3.8) is 0 Å². The van der Waals surface area contributed by atoms with Crippen molar-refractivity contribution in [2.75, 3.05) is 0 Å². The van der Waals surface area contributed by atoms with Crippen LogP contribution < -0.4 is 10.2 Å². The van der Waals surface area contributed by atoms with Crippen LogP contribution in [0.2, 0.25) is 0 Å². The lowest BCUT2D eigenvalue weighted by atomic mass is 10.2. The highest BCUT2D eigenvalue weighted by molar-refractivity contribution is 9.10. The first-order valence-corrected chi connectivity index (χ1v) is 7.69. The van der Waals surface area contributed by atoms with Gasteiger partial charge in [-0.2, -0.15) is 5.10 Å². The number of carbonyl (C=O) groups is 1. The van der Waals surface area contributed by atoms with Crippen molar-refractivity contribution in [1.29, 1.82) is 0 Å². The molecule has 0 atom stereocenters.